The summed E-state index contributed by atoms with van der Waals surface area (Å²) >= 11 is 0. The minimum absolute atomic E-state index is 0.00140. The lowest BCUT2D eigenvalue weighted by Crippen LogP contribution is -2.51. The number of methoxy groups -OCH3 is 2. The predicted molar refractivity (Wildman–Crippen MR) is 280 cm³/mol. The van der Waals surface area contributed by atoms with Crippen molar-refractivity contribution in [3.63, 3.8) is 0 Å². The number of aromatic nitrogens is 4. The van der Waals surface area contributed by atoms with Gasteiger partial charge in [-0.3, -0.25) is 9.59 Å². The van der Waals surface area contributed by atoms with Crippen molar-refractivity contribution in [2.24, 2.45) is 5.92 Å². The maximum absolute atomic E-state index is 16.8. The highest BCUT2D eigenvalue weighted by Crippen LogP contribution is 2.49. The van der Waals surface area contributed by atoms with Crippen LogP contribution in [0.5, 0.6) is 0 Å². The van der Waals surface area contributed by atoms with Gasteiger partial charge in [0.1, 0.15) is 29.4 Å². The van der Waals surface area contributed by atoms with E-state index in [1.807, 2.05) is 58.3 Å². The third-order valence-corrected chi connectivity index (χ3v) is 16.8. The summed E-state index contributed by atoms with van der Waals surface area (Å²) in [6.07, 6.45) is 8.39. The number of rotatable bonds is 12. The molecule has 6 aromatic rings. The largest absolute Gasteiger partial charge is 0.453 e. The number of anilines is 2. The summed E-state index contributed by atoms with van der Waals surface area (Å²) < 4.78 is 43.3. The van der Waals surface area contributed by atoms with Crippen molar-refractivity contribution in [3.05, 3.63) is 119 Å². The fourth-order valence-corrected chi connectivity index (χ4v) is 13.0. The van der Waals surface area contributed by atoms with Crippen LogP contribution in [-0.2, 0) is 19.1 Å². The molecule has 11 rings (SSSR count). The number of nitrogens with one attached hydrogen (secondary N) is 4. The van der Waals surface area contributed by atoms with E-state index in [1.54, 1.807) is 11.8 Å². The molecule has 1 aliphatic carbocycles. The summed E-state index contributed by atoms with van der Waals surface area (Å²) in [6.45, 7) is 3.78. The van der Waals surface area contributed by atoms with Crippen LogP contribution in [0.4, 0.5) is 29.7 Å². The Morgan fingerprint density at radius 2 is 1.13 bits per heavy atom. The van der Waals surface area contributed by atoms with Gasteiger partial charge in [-0.15, -0.1) is 0 Å². The number of carbonyl (C=O) groups is 4. The first-order valence-corrected chi connectivity index (χ1v) is 26.8. The molecule has 75 heavy (non-hydrogen) atoms. The van der Waals surface area contributed by atoms with E-state index in [0.29, 0.717) is 74.2 Å². The summed E-state index contributed by atoms with van der Waals surface area (Å²) in [4.78, 5) is 77.0. The van der Waals surface area contributed by atoms with Crippen molar-refractivity contribution in [1.29, 1.82) is 0 Å². The zero-order valence-electron chi connectivity index (χ0n) is 42.8. The molecule has 0 radical (unpaired) electrons. The second-order valence-electron chi connectivity index (χ2n) is 21.1. The summed E-state index contributed by atoms with van der Waals surface area (Å²) in [6, 6.07) is 22.8. The number of hydrogen-bond acceptors (Lipinski definition) is 10. The standard InChI is InChI=1S/C57H66F2N10O6/c1-33(60-56(72)74-2)54(70)67-25-9-15-48(67)52-61-42-19-17-37(29-44(42)63-52)46-21-22-47(69(46)39-31-40(58)51(41(59)32-39)66-27-23-35(24-28-66)34-11-5-4-6-12-34)38-18-20-43-45(30-38)64-53(62-43)49-16-10-26-68(49)55(71)50(65-57(73)75-3)36-13-7-8-14-36/h4-6,11-12,17-20,29-33,35-36,46-50H,7-10,13-16,21-28H2,1-3H3,(H,60,72)(H,61,63)(H,62,64)(H,65,73)/t33-,46+,47+,48-,49-,50-/m0/s1. The quantitative estimate of drug-likeness (QED) is 0.0921. The molecular weight excluding hydrogens is 959 g/mol. The molecule has 5 fully saturated rings. The predicted octanol–water partition coefficient (Wildman–Crippen LogP) is 10.2. The minimum Gasteiger partial charge on any atom is -0.453 e. The summed E-state index contributed by atoms with van der Waals surface area (Å²) in [5.41, 5.74) is 6.57. The number of fused-ring (bicyclic) bond motifs is 2. The number of benzene rings is 4. The minimum atomic E-state index is -0.785. The van der Waals surface area contributed by atoms with Gasteiger partial charge in [-0.1, -0.05) is 55.3 Å². The van der Waals surface area contributed by atoms with Crippen LogP contribution >= 0.6 is 0 Å². The van der Waals surface area contributed by atoms with Crippen LogP contribution in [0.1, 0.15) is 142 Å². The lowest BCUT2D eigenvalue weighted by atomic mass is 9.89. The van der Waals surface area contributed by atoms with E-state index in [2.05, 4.69) is 43.7 Å². The monoisotopic (exact) mass is 1020 g/mol. The number of aromatic amines is 2. The summed E-state index contributed by atoms with van der Waals surface area (Å²) in [7, 11) is 2.57. The molecule has 16 nitrogen and oxygen atoms in total. The molecule has 5 aliphatic rings. The first-order chi connectivity index (χ1) is 36.5. The Balaban J connectivity index is 0.900. The Morgan fingerprint density at radius 3 is 1.68 bits per heavy atom. The Kier molecular flexibility index (Phi) is 14.1. The smallest absolute Gasteiger partial charge is 0.407 e. The van der Waals surface area contributed by atoms with Gasteiger partial charge in [0.2, 0.25) is 11.8 Å². The molecule has 18 heteroatoms. The molecule has 2 aromatic heterocycles. The number of hydrogen-bond donors (Lipinski definition) is 4. The third-order valence-electron chi connectivity index (χ3n) is 16.8. The van der Waals surface area contributed by atoms with Gasteiger partial charge in [0.05, 0.1) is 60.5 Å². The lowest BCUT2D eigenvalue weighted by molar-refractivity contribution is -0.136. The van der Waals surface area contributed by atoms with Gasteiger partial charge in [0, 0.05) is 31.9 Å². The van der Waals surface area contributed by atoms with Gasteiger partial charge in [-0.25, -0.2) is 28.3 Å². The Labute approximate surface area is 434 Å². The lowest BCUT2D eigenvalue weighted by Gasteiger charge is -2.36. The van der Waals surface area contributed by atoms with Crippen molar-refractivity contribution in [2.45, 2.75) is 126 Å². The maximum Gasteiger partial charge on any atom is 0.407 e. The van der Waals surface area contributed by atoms with E-state index < -0.39 is 35.9 Å². The zero-order chi connectivity index (χ0) is 51.9. The number of imidazole rings is 2. The molecule has 1 saturated carbocycles. The van der Waals surface area contributed by atoms with E-state index in [-0.39, 0.29) is 47.6 Å². The number of piperidine rings is 1. The SMILES string of the molecule is COC(=O)N[C@@H](C)C(=O)N1CCC[C@H]1c1nc2cc([C@H]3CC[C@H](c4ccc5[nH]c([C@@H]6CCCN6C(=O)[C@@H](NC(=O)OC)C6CCCC6)nc5c4)N3c3cc(F)c(N4CCC(c5ccccc5)CC4)c(F)c3)ccc2[nH]1. The van der Waals surface area contributed by atoms with Crippen LogP contribution in [-0.4, -0.2) is 106 Å². The van der Waals surface area contributed by atoms with Crippen LogP contribution < -0.4 is 20.4 Å². The fourth-order valence-electron chi connectivity index (χ4n) is 13.0. The normalized spacial score (nSPS) is 22.3. The molecular formula is C57H66F2N10O6. The van der Waals surface area contributed by atoms with E-state index in [0.717, 1.165) is 85.5 Å². The fraction of sp³-hybridized carbons (Fsp3) is 0.474. The Morgan fingerprint density at radius 1 is 0.600 bits per heavy atom. The van der Waals surface area contributed by atoms with Gasteiger partial charge in [0.25, 0.3) is 0 Å². The number of likely N-dealkylation sites (tertiary alicyclic amines) is 2. The van der Waals surface area contributed by atoms with Crippen LogP contribution in [0.25, 0.3) is 22.1 Å². The molecule has 6 heterocycles. The van der Waals surface area contributed by atoms with Crippen molar-refractivity contribution < 1.29 is 37.4 Å². The third kappa shape index (κ3) is 9.83. The maximum atomic E-state index is 16.8. The topological polar surface area (TPSA) is 181 Å². The Hall–Kier alpha value is -7.24. The summed E-state index contributed by atoms with van der Waals surface area (Å²) in [5.74, 6) is 0.133. The highest BCUT2D eigenvalue weighted by atomic mass is 19.1. The summed E-state index contributed by atoms with van der Waals surface area (Å²) in [5, 5.41) is 5.44. The molecule has 6 atom stereocenters. The number of nitrogens with zero attached hydrogens (tertiary/aromatic N) is 6. The molecule has 4 aliphatic heterocycles. The number of alkyl carbamates (subject to hydrolysis) is 2. The highest BCUT2D eigenvalue weighted by molar-refractivity contribution is 5.87. The van der Waals surface area contributed by atoms with Crippen LogP contribution in [0.15, 0.2) is 78.9 Å². The van der Waals surface area contributed by atoms with Crippen LogP contribution in [0.2, 0.25) is 0 Å². The molecule has 0 bridgehead atoms. The number of H-pyrrole nitrogens is 2. The van der Waals surface area contributed by atoms with E-state index in [4.69, 9.17) is 19.4 Å². The number of ether oxygens (including phenoxy) is 2. The van der Waals surface area contributed by atoms with Gasteiger partial charge in [-0.05, 0) is 136 Å². The van der Waals surface area contributed by atoms with Gasteiger partial charge in [-0.2, -0.15) is 0 Å². The molecule has 0 spiro atoms. The van der Waals surface area contributed by atoms with Crippen molar-refractivity contribution in [2.75, 3.05) is 50.2 Å². The van der Waals surface area contributed by atoms with Crippen molar-refractivity contribution in [1.82, 2.24) is 40.4 Å². The average molecular weight is 1030 g/mol. The van der Waals surface area contributed by atoms with E-state index in [9.17, 15) is 19.2 Å². The average Bonchev–Trinajstić information content (AvgIpc) is 4.31. The highest BCUT2D eigenvalue weighted by Gasteiger charge is 2.42. The molecule has 4 aromatic carbocycles. The van der Waals surface area contributed by atoms with Gasteiger partial charge in [0.15, 0.2) is 11.6 Å². The second-order valence-corrected chi connectivity index (χ2v) is 21.1. The first-order valence-electron chi connectivity index (χ1n) is 26.8. The molecule has 0 unspecified atom stereocenters. The Bertz CT molecular complexity index is 3060. The number of halogens is 2. The second kappa shape index (κ2) is 21.2. The zero-order valence-corrected chi connectivity index (χ0v) is 42.8. The number of amides is 4. The van der Waals surface area contributed by atoms with E-state index in [1.165, 1.54) is 31.9 Å². The van der Waals surface area contributed by atoms with Gasteiger partial charge >= 0.3 is 12.2 Å². The molecule has 394 valence electrons. The molecule has 4 amide bonds. The van der Waals surface area contributed by atoms with Crippen LogP contribution in [0, 0.1) is 17.6 Å². The van der Waals surface area contributed by atoms with Crippen LogP contribution in [0.3, 0.4) is 0 Å². The van der Waals surface area contributed by atoms with E-state index >= 15 is 8.78 Å². The first kappa shape index (κ1) is 49.9. The molecule has 4 N–H and O–H groups in total. The molecule has 4 saturated heterocycles. The van der Waals surface area contributed by atoms with Gasteiger partial charge < -0.3 is 49.7 Å². The van der Waals surface area contributed by atoms with Crippen molar-refractivity contribution >= 4 is 57.4 Å². The number of carbonyl (C=O) groups excluding carboxylic acids is 4. The van der Waals surface area contributed by atoms with Crippen molar-refractivity contribution in [3.8, 4) is 0 Å².